The van der Waals surface area contributed by atoms with Gasteiger partial charge in [0, 0.05) is 0 Å². The Morgan fingerprint density at radius 3 is 1.41 bits per heavy atom. The van der Waals surface area contributed by atoms with Crippen LogP contribution in [0.4, 0.5) is 47.3 Å². The van der Waals surface area contributed by atoms with Gasteiger partial charge >= 0.3 is 15.5 Å². The minimum absolute atomic E-state index is 0.0198. The fraction of sp³-hybridized carbons (Fsp3) is 0.0714. The molecule has 0 aromatic heterocycles. The molecule has 0 aliphatic carbocycles. The molecule has 0 radical (unpaired) electrons. The van der Waals surface area contributed by atoms with Crippen LogP contribution in [0, 0.1) is 34.9 Å². The van der Waals surface area contributed by atoms with Gasteiger partial charge in [0.15, 0.2) is 23.3 Å². The van der Waals surface area contributed by atoms with Crippen molar-refractivity contribution in [3.63, 3.8) is 0 Å². The number of halogens is 10. The molecule has 0 bridgehead atoms. The van der Waals surface area contributed by atoms with Crippen molar-refractivity contribution in [3.8, 4) is 22.3 Å². The van der Waals surface area contributed by atoms with Gasteiger partial charge in [0.1, 0.15) is 11.6 Å². The van der Waals surface area contributed by atoms with Gasteiger partial charge < -0.3 is 20.5 Å². The summed E-state index contributed by atoms with van der Waals surface area (Å²) >= 11 is 20.1. The van der Waals surface area contributed by atoms with Crippen molar-refractivity contribution >= 4 is 69.3 Å². The molecule has 3 N–H and O–H groups in total. The van der Waals surface area contributed by atoms with E-state index in [1.807, 2.05) is 0 Å². The zero-order chi connectivity index (χ0) is 33.2. The second-order valence-corrected chi connectivity index (χ2v) is 10.6. The van der Waals surface area contributed by atoms with E-state index in [1.165, 1.54) is 36.4 Å². The molecule has 16 heteroatoms. The number of nitrogen functional groups attached to an aromatic ring is 1. The van der Waals surface area contributed by atoms with Crippen molar-refractivity contribution in [1.29, 1.82) is 0 Å². The summed E-state index contributed by atoms with van der Waals surface area (Å²) in [6.07, 6.45) is -1.03. The normalized spacial score (nSPS) is 10.4. The van der Waals surface area contributed by atoms with Gasteiger partial charge in [-0.05, 0) is 117 Å². The molecule has 6 nitrogen and oxygen atoms in total. The number of ether oxygens (including phenoxy) is 2. The zero-order valence-electron chi connectivity index (χ0n) is 21.9. The largest absolute Gasteiger partial charge is 0.511 e. The number of methoxy groups -OCH3 is 1. The van der Waals surface area contributed by atoms with Gasteiger partial charge in [0.25, 0.3) is 0 Å². The number of benzene rings is 4. The van der Waals surface area contributed by atoms with Crippen LogP contribution in [0.15, 0.2) is 72.8 Å². The van der Waals surface area contributed by atoms with E-state index < -0.39 is 50.4 Å². The summed E-state index contributed by atoms with van der Waals surface area (Å²) in [7, 11) is 1.11. The predicted octanol–water partition coefficient (Wildman–Crippen LogP) is 9.99. The minimum atomic E-state index is -2.03. The van der Waals surface area contributed by atoms with Crippen LogP contribution in [0.25, 0.3) is 22.3 Å². The van der Waals surface area contributed by atoms with E-state index in [0.717, 1.165) is 37.4 Å². The Kier molecular flexibility index (Phi) is 13.5. The van der Waals surface area contributed by atoms with E-state index in [0.29, 0.717) is 22.3 Å². The summed E-state index contributed by atoms with van der Waals surface area (Å²) in [5, 5.41) is 1.17. The van der Waals surface area contributed by atoms with Crippen LogP contribution in [0.1, 0.15) is 0 Å². The fourth-order valence-corrected chi connectivity index (χ4v) is 3.39. The molecule has 1 amide bonds. The number of anilines is 2. The Morgan fingerprint density at radius 2 is 1.07 bits per heavy atom. The first-order chi connectivity index (χ1) is 20.5. The molecular weight excluding hydrogens is 684 g/mol. The Hall–Kier alpha value is -3.84. The Balaban J connectivity index is 0.000000245. The van der Waals surface area contributed by atoms with Crippen LogP contribution in [0.2, 0.25) is 0 Å². The molecular formula is C28H18Cl4F6N2O4. The number of rotatable bonds is 3. The number of carbonyl (C=O) groups is 2. The maximum atomic E-state index is 13.6. The highest BCUT2D eigenvalue weighted by molar-refractivity contribution is 6.66. The lowest BCUT2D eigenvalue weighted by Gasteiger charge is -2.09. The van der Waals surface area contributed by atoms with Crippen LogP contribution >= 0.6 is 46.4 Å². The highest BCUT2D eigenvalue weighted by Crippen LogP contribution is 2.28. The van der Waals surface area contributed by atoms with Crippen molar-refractivity contribution < 1.29 is 45.4 Å². The fourth-order valence-electron chi connectivity index (χ4n) is 3.10. The van der Waals surface area contributed by atoms with Gasteiger partial charge in [-0.2, -0.15) is 0 Å². The predicted molar refractivity (Wildman–Crippen MR) is 157 cm³/mol. The smallest absolute Gasteiger partial charge is 0.438 e. The Bertz CT molecular complexity index is 1590. The lowest BCUT2D eigenvalue weighted by Crippen LogP contribution is -2.15. The Morgan fingerprint density at radius 1 is 0.659 bits per heavy atom. The lowest BCUT2D eigenvalue weighted by molar-refractivity contribution is 0.0704. The first kappa shape index (κ1) is 36.4. The maximum absolute atomic E-state index is 13.6. The van der Waals surface area contributed by atoms with Crippen LogP contribution in [0.3, 0.4) is 0 Å². The van der Waals surface area contributed by atoms with Gasteiger partial charge in [-0.1, -0.05) is 24.3 Å². The molecule has 0 saturated carbocycles. The van der Waals surface area contributed by atoms with Gasteiger partial charge in [-0.25, -0.2) is 31.1 Å². The third-order valence-corrected chi connectivity index (χ3v) is 5.40. The number of nitrogens with two attached hydrogens (primary N) is 1. The maximum Gasteiger partial charge on any atom is 0.511 e. The third kappa shape index (κ3) is 11.7. The number of nitrogens with one attached hydrogen (secondary N) is 1. The molecule has 234 valence electrons. The van der Waals surface area contributed by atoms with E-state index in [1.54, 1.807) is 6.07 Å². The minimum Gasteiger partial charge on any atom is -0.438 e. The number of amides is 1. The lowest BCUT2D eigenvalue weighted by atomic mass is 10.0. The van der Waals surface area contributed by atoms with Crippen molar-refractivity contribution in [2.75, 3.05) is 18.2 Å². The van der Waals surface area contributed by atoms with Gasteiger partial charge in [-0.3, -0.25) is 4.79 Å². The molecule has 0 atom stereocenters. The first-order valence-corrected chi connectivity index (χ1v) is 13.1. The van der Waals surface area contributed by atoms with Crippen molar-refractivity contribution in [2.24, 2.45) is 0 Å². The van der Waals surface area contributed by atoms with Gasteiger partial charge in [-0.15, -0.1) is 0 Å². The summed E-state index contributed by atoms with van der Waals surface area (Å²) in [6.45, 7) is 0. The molecule has 0 fully saturated rings. The number of alkyl halides is 3. The number of hydrogen-bond acceptors (Lipinski definition) is 5. The van der Waals surface area contributed by atoms with Crippen molar-refractivity contribution in [2.45, 2.75) is 3.98 Å². The second kappa shape index (κ2) is 16.3. The van der Waals surface area contributed by atoms with E-state index in [-0.39, 0.29) is 11.4 Å². The van der Waals surface area contributed by atoms with E-state index in [4.69, 9.17) is 52.1 Å². The average Bonchev–Trinajstić information content (AvgIpc) is 2.94. The van der Waals surface area contributed by atoms with Crippen molar-refractivity contribution in [3.05, 3.63) is 108 Å². The third-order valence-electron chi connectivity index (χ3n) is 5.07. The van der Waals surface area contributed by atoms with Crippen LogP contribution < -0.4 is 11.1 Å². The number of hydrogen-bond donors (Lipinski definition) is 2. The highest BCUT2D eigenvalue weighted by atomic mass is 35.6. The summed E-state index contributed by atoms with van der Waals surface area (Å²) in [6, 6.07) is 14.6. The zero-order valence-corrected chi connectivity index (χ0v) is 24.9. The molecule has 0 spiro atoms. The van der Waals surface area contributed by atoms with E-state index in [9.17, 15) is 35.9 Å². The number of carbonyl (C=O) groups excluding carboxylic acids is 2. The summed E-state index contributed by atoms with van der Waals surface area (Å²) in [5.74, 6) is -5.20. The van der Waals surface area contributed by atoms with Crippen molar-refractivity contribution in [1.82, 2.24) is 0 Å². The van der Waals surface area contributed by atoms with Gasteiger partial charge in [0.2, 0.25) is 0 Å². The van der Waals surface area contributed by atoms with Crippen LogP contribution in [-0.2, 0) is 9.47 Å². The molecule has 4 aromatic rings. The van der Waals surface area contributed by atoms with E-state index in [2.05, 4.69) is 14.8 Å². The van der Waals surface area contributed by atoms with Gasteiger partial charge in [0.05, 0.1) is 18.5 Å². The monoisotopic (exact) mass is 700 g/mol. The molecule has 0 aliphatic rings. The standard InChI is InChI=1S/C13H7ClF3NO.C12H8F3N.C3H3Cl3O3/c14-13(19)18-12-4-2-8(6-11(12)17)7-1-3-9(15)10(16)5-7;13-9-3-1-7(5-10(9)14)8-2-4-12(16)11(15)6-8;1-8-2(7)9-3(4,5)6/h1-6H,(H,18,19);1-6H,16H2;1H3. The average molecular weight is 702 g/mol. The highest BCUT2D eigenvalue weighted by Gasteiger charge is 2.25. The molecule has 0 saturated heterocycles. The Labute approximate surface area is 266 Å². The quantitative estimate of drug-likeness (QED) is 0.0554. The van der Waals surface area contributed by atoms with E-state index >= 15 is 0 Å². The first-order valence-electron chi connectivity index (χ1n) is 11.6. The summed E-state index contributed by atoms with van der Waals surface area (Å²) < 4.78 is 84.3. The van der Waals surface area contributed by atoms with Crippen LogP contribution in [-0.4, -0.2) is 22.6 Å². The molecule has 4 aromatic carbocycles. The SMILES string of the molecule is COC(=O)OC(Cl)(Cl)Cl.Nc1ccc(-c2ccc(F)c(F)c2)cc1F.O=C(Cl)Nc1ccc(-c2ccc(F)c(F)c2)cc1F. The molecule has 44 heavy (non-hydrogen) atoms. The topological polar surface area (TPSA) is 90.7 Å². The summed E-state index contributed by atoms with van der Waals surface area (Å²) in [5.41, 5.74) is 6.76. The summed E-state index contributed by atoms with van der Waals surface area (Å²) in [4.78, 5) is 20.7. The second-order valence-electron chi connectivity index (χ2n) is 8.09. The van der Waals surface area contributed by atoms with Crippen LogP contribution in [0.5, 0.6) is 0 Å². The molecule has 0 aliphatic heterocycles. The molecule has 0 heterocycles. The molecule has 0 unspecified atom stereocenters. The molecule has 4 rings (SSSR count).